The first-order chi connectivity index (χ1) is 10.1. The van der Waals surface area contributed by atoms with Gasteiger partial charge >= 0.3 is 6.03 Å². The van der Waals surface area contributed by atoms with Crippen LogP contribution in [0.3, 0.4) is 0 Å². The maximum atomic E-state index is 12.1. The van der Waals surface area contributed by atoms with Gasteiger partial charge in [-0.3, -0.25) is 0 Å². The van der Waals surface area contributed by atoms with E-state index < -0.39 is 0 Å². The van der Waals surface area contributed by atoms with E-state index in [4.69, 9.17) is 10.00 Å². The van der Waals surface area contributed by atoms with Gasteiger partial charge in [0.1, 0.15) is 0 Å². The molecule has 0 bridgehead atoms. The minimum Gasteiger partial charge on any atom is -0.504 e. The van der Waals surface area contributed by atoms with E-state index in [1.165, 1.54) is 13.2 Å². The largest absolute Gasteiger partial charge is 0.504 e. The number of phenolic OH excluding ortho intramolecular Hbond substituents is 1. The lowest BCUT2D eigenvalue weighted by Gasteiger charge is -2.29. The van der Waals surface area contributed by atoms with Gasteiger partial charge in [0.25, 0.3) is 0 Å². The number of urea groups is 1. The van der Waals surface area contributed by atoms with Gasteiger partial charge < -0.3 is 20.1 Å². The van der Waals surface area contributed by atoms with Crippen molar-refractivity contribution in [2.24, 2.45) is 5.92 Å². The number of nitrogens with one attached hydrogen (secondary N) is 1. The fraction of sp³-hybridized carbons (Fsp3) is 0.467. The number of benzene rings is 1. The number of amides is 2. The van der Waals surface area contributed by atoms with Crippen LogP contribution in [-0.2, 0) is 6.54 Å². The highest BCUT2D eigenvalue weighted by molar-refractivity contribution is 5.74. The first-order valence-corrected chi connectivity index (χ1v) is 6.92. The number of phenols is 1. The maximum Gasteiger partial charge on any atom is 0.317 e. The van der Waals surface area contributed by atoms with Gasteiger partial charge in [-0.25, -0.2) is 4.79 Å². The van der Waals surface area contributed by atoms with Crippen molar-refractivity contribution in [3.05, 3.63) is 23.8 Å². The highest BCUT2D eigenvalue weighted by Gasteiger charge is 2.23. The number of methoxy groups -OCH3 is 1. The summed E-state index contributed by atoms with van der Waals surface area (Å²) in [7, 11) is 1.48. The number of likely N-dealkylation sites (tertiary alicyclic amines) is 1. The number of carbonyl (C=O) groups excluding carboxylic acids is 1. The summed E-state index contributed by atoms with van der Waals surface area (Å²) in [6.07, 6.45) is 1.72. The van der Waals surface area contributed by atoms with E-state index in [1.54, 1.807) is 17.0 Å². The minimum absolute atomic E-state index is 0.0699. The predicted octanol–water partition coefficient (Wildman–Crippen LogP) is 1.85. The molecular weight excluding hydrogens is 270 g/mol. The van der Waals surface area contributed by atoms with E-state index in [2.05, 4.69) is 11.4 Å². The Morgan fingerprint density at radius 1 is 1.62 bits per heavy atom. The van der Waals surface area contributed by atoms with E-state index in [9.17, 15) is 9.90 Å². The van der Waals surface area contributed by atoms with E-state index in [1.807, 2.05) is 0 Å². The monoisotopic (exact) mass is 289 g/mol. The molecule has 1 aliphatic rings. The summed E-state index contributed by atoms with van der Waals surface area (Å²) in [5.74, 6) is 0.378. The smallest absolute Gasteiger partial charge is 0.317 e. The minimum atomic E-state index is -0.165. The first kappa shape index (κ1) is 15.0. The third kappa shape index (κ3) is 3.78. The van der Waals surface area contributed by atoms with E-state index in [0.29, 0.717) is 25.4 Å². The topological polar surface area (TPSA) is 85.6 Å². The summed E-state index contributed by atoms with van der Waals surface area (Å²) in [4.78, 5) is 13.8. The summed E-state index contributed by atoms with van der Waals surface area (Å²) < 4.78 is 5.03. The van der Waals surface area contributed by atoms with Gasteiger partial charge in [-0.1, -0.05) is 6.07 Å². The third-order valence-corrected chi connectivity index (χ3v) is 3.58. The number of piperidine rings is 1. The summed E-state index contributed by atoms with van der Waals surface area (Å²) >= 11 is 0. The maximum absolute atomic E-state index is 12.1. The molecule has 1 aliphatic heterocycles. The molecule has 112 valence electrons. The molecule has 1 fully saturated rings. The number of rotatable bonds is 3. The van der Waals surface area contributed by atoms with Crippen LogP contribution in [0.15, 0.2) is 18.2 Å². The molecule has 6 nitrogen and oxygen atoms in total. The number of nitrogens with zero attached hydrogens (tertiary/aromatic N) is 2. The van der Waals surface area contributed by atoms with Gasteiger partial charge in [0.15, 0.2) is 11.5 Å². The van der Waals surface area contributed by atoms with Gasteiger partial charge in [-0.05, 0) is 30.5 Å². The number of nitriles is 1. The van der Waals surface area contributed by atoms with Crippen molar-refractivity contribution in [3.63, 3.8) is 0 Å². The van der Waals surface area contributed by atoms with Crippen LogP contribution in [0.2, 0.25) is 0 Å². The van der Waals surface area contributed by atoms with Gasteiger partial charge in [-0.2, -0.15) is 5.26 Å². The van der Waals surface area contributed by atoms with Crippen LogP contribution in [0.1, 0.15) is 18.4 Å². The molecule has 6 heteroatoms. The van der Waals surface area contributed by atoms with Crippen molar-refractivity contribution >= 4 is 6.03 Å². The second kappa shape index (κ2) is 6.84. The number of carbonyl (C=O) groups is 1. The highest BCUT2D eigenvalue weighted by atomic mass is 16.5. The Labute approximate surface area is 123 Å². The van der Waals surface area contributed by atoms with Crippen LogP contribution < -0.4 is 10.1 Å². The third-order valence-electron chi connectivity index (χ3n) is 3.58. The number of ether oxygens (including phenoxy) is 1. The predicted molar refractivity (Wildman–Crippen MR) is 76.8 cm³/mol. The zero-order chi connectivity index (χ0) is 15.2. The average molecular weight is 289 g/mol. The second-order valence-electron chi connectivity index (χ2n) is 5.08. The normalized spacial score (nSPS) is 17.9. The molecule has 1 aromatic carbocycles. The molecule has 21 heavy (non-hydrogen) atoms. The van der Waals surface area contributed by atoms with Crippen molar-refractivity contribution in [3.8, 4) is 17.6 Å². The lowest BCUT2D eigenvalue weighted by atomic mass is 10.0. The Kier molecular flexibility index (Phi) is 4.88. The molecule has 1 heterocycles. The van der Waals surface area contributed by atoms with E-state index in [0.717, 1.165) is 18.4 Å². The molecule has 0 aliphatic carbocycles. The molecule has 2 amide bonds. The van der Waals surface area contributed by atoms with Gasteiger partial charge in [0.2, 0.25) is 0 Å². The Hall–Kier alpha value is -2.42. The van der Waals surface area contributed by atoms with Crippen LogP contribution in [0.4, 0.5) is 4.79 Å². The van der Waals surface area contributed by atoms with Gasteiger partial charge in [0.05, 0.1) is 19.1 Å². The first-order valence-electron chi connectivity index (χ1n) is 6.92. The lowest BCUT2D eigenvalue weighted by Crippen LogP contribution is -2.45. The van der Waals surface area contributed by atoms with Crippen LogP contribution in [-0.4, -0.2) is 36.2 Å². The van der Waals surface area contributed by atoms with Crippen LogP contribution >= 0.6 is 0 Å². The Balaban J connectivity index is 1.90. The number of hydrogen-bond donors (Lipinski definition) is 2. The van der Waals surface area contributed by atoms with Crippen LogP contribution in [0.5, 0.6) is 11.5 Å². The van der Waals surface area contributed by atoms with Crippen molar-refractivity contribution < 1.29 is 14.6 Å². The standard InChI is InChI=1S/C15H19N3O3/c1-21-14-7-11(4-5-13(14)19)9-17-15(20)18-6-2-3-12(8-16)10-18/h4-5,7,12,19H,2-3,6,9-10H2,1H3,(H,17,20)/t12-/m0/s1. The number of aromatic hydroxyl groups is 1. The summed E-state index contributed by atoms with van der Waals surface area (Å²) in [5.41, 5.74) is 0.840. The molecule has 0 unspecified atom stereocenters. The number of hydrogen-bond acceptors (Lipinski definition) is 4. The Morgan fingerprint density at radius 2 is 2.43 bits per heavy atom. The van der Waals surface area contributed by atoms with Crippen LogP contribution in [0.25, 0.3) is 0 Å². The molecule has 0 radical (unpaired) electrons. The molecule has 1 atom stereocenters. The fourth-order valence-corrected chi connectivity index (χ4v) is 2.39. The van der Waals surface area contributed by atoms with Crippen molar-refractivity contribution in [2.45, 2.75) is 19.4 Å². The highest BCUT2D eigenvalue weighted by Crippen LogP contribution is 2.26. The summed E-state index contributed by atoms with van der Waals surface area (Å²) in [6.45, 7) is 1.52. The van der Waals surface area contributed by atoms with Crippen molar-refractivity contribution in [1.29, 1.82) is 5.26 Å². The molecule has 0 aromatic heterocycles. The molecule has 1 aromatic rings. The zero-order valence-corrected chi connectivity index (χ0v) is 12.0. The Morgan fingerprint density at radius 3 is 3.14 bits per heavy atom. The fourth-order valence-electron chi connectivity index (χ4n) is 2.39. The molecular formula is C15H19N3O3. The van der Waals surface area contributed by atoms with Crippen molar-refractivity contribution in [2.75, 3.05) is 20.2 Å². The molecule has 0 spiro atoms. The van der Waals surface area contributed by atoms with E-state index >= 15 is 0 Å². The van der Waals surface area contributed by atoms with Crippen LogP contribution in [0, 0.1) is 17.2 Å². The Bertz CT molecular complexity index is 554. The average Bonchev–Trinajstić information content (AvgIpc) is 2.53. The molecule has 2 rings (SSSR count). The molecule has 0 saturated carbocycles. The molecule has 1 saturated heterocycles. The van der Waals surface area contributed by atoms with Gasteiger partial charge in [-0.15, -0.1) is 0 Å². The summed E-state index contributed by atoms with van der Waals surface area (Å²) in [6, 6.07) is 7.00. The van der Waals surface area contributed by atoms with E-state index in [-0.39, 0.29) is 17.7 Å². The van der Waals surface area contributed by atoms with Gasteiger partial charge in [0, 0.05) is 19.6 Å². The van der Waals surface area contributed by atoms with Crippen molar-refractivity contribution in [1.82, 2.24) is 10.2 Å². The summed E-state index contributed by atoms with van der Waals surface area (Å²) in [5, 5.41) is 21.3. The lowest BCUT2D eigenvalue weighted by molar-refractivity contribution is 0.176. The zero-order valence-electron chi connectivity index (χ0n) is 12.0. The quantitative estimate of drug-likeness (QED) is 0.889. The molecule has 2 N–H and O–H groups in total. The SMILES string of the molecule is COc1cc(CNC(=O)N2CCC[C@@H](C#N)C2)ccc1O. The second-order valence-corrected chi connectivity index (χ2v) is 5.08.